The van der Waals surface area contributed by atoms with E-state index in [4.69, 9.17) is 25.5 Å². The molecule has 28 heavy (non-hydrogen) atoms. The minimum atomic E-state index is -0.571. The number of halogens is 2. The number of carbonyl (C=O) groups is 1. The van der Waals surface area contributed by atoms with Crippen LogP contribution < -0.4 is 4.74 Å². The number of nitrogens with zero attached hydrogens (tertiary/aromatic N) is 1. The van der Waals surface area contributed by atoms with Gasteiger partial charge in [0.2, 0.25) is 5.90 Å². The third-order valence-electron chi connectivity index (χ3n) is 4.05. The van der Waals surface area contributed by atoms with E-state index >= 15 is 0 Å². The van der Waals surface area contributed by atoms with E-state index in [0.29, 0.717) is 27.9 Å². The van der Waals surface area contributed by atoms with Crippen molar-refractivity contribution in [2.24, 2.45) is 4.99 Å². The molecular formula is C21H13BrClNO4. The normalized spacial score (nSPS) is 14.9. The maximum Gasteiger partial charge on any atom is 0.363 e. The lowest BCUT2D eigenvalue weighted by Gasteiger charge is -2.07. The van der Waals surface area contributed by atoms with Crippen LogP contribution in [0.2, 0.25) is 5.02 Å². The predicted molar refractivity (Wildman–Crippen MR) is 110 cm³/mol. The monoisotopic (exact) mass is 457 g/mol. The fourth-order valence-electron chi connectivity index (χ4n) is 2.71. The van der Waals surface area contributed by atoms with Crippen molar-refractivity contribution < 1.29 is 18.7 Å². The fourth-order valence-corrected chi connectivity index (χ4v) is 3.14. The van der Waals surface area contributed by atoms with Crippen LogP contribution >= 0.6 is 27.5 Å². The van der Waals surface area contributed by atoms with Gasteiger partial charge in [-0.2, -0.15) is 0 Å². The number of ether oxygens (including phenoxy) is 2. The molecule has 2 heterocycles. The summed E-state index contributed by atoms with van der Waals surface area (Å²) in [5, 5.41) is 0.483. The van der Waals surface area contributed by atoms with Crippen molar-refractivity contribution in [1.82, 2.24) is 0 Å². The molecule has 0 aliphatic carbocycles. The van der Waals surface area contributed by atoms with E-state index in [1.807, 2.05) is 30.3 Å². The Morgan fingerprint density at radius 1 is 1.11 bits per heavy atom. The zero-order valence-corrected chi connectivity index (χ0v) is 17.0. The molecule has 1 aromatic heterocycles. The van der Waals surface area contributed by atoms with Crippen LogP contribution in [0.4, 0.5) is 0 Å². The van der Waals surface area contributed by atoms with Crippen LogP contribution in [0.15, 0.2) is 74.2 Å². The summed E-state index contributed by atoms with van der Waals surface area (Å²) in [6.45, 7) is 0. The van der Waals surface area contributed by atoms with Crippen molar-refractivity contribution in [3.63, 3.8) is 0 Å². The molecule has 0 saturated heterocycles. The molecule has 3 aromatic rings. The average Bonchev–Trinajstić information content (AvgIpc) is 3.30. The third kappa shape index (κ3) is 3.74. The lowest BCUT2D eigenvalue weighted by atomic mass is 10.2. The molecule has 140 valence electrons. The first-order valence-corrected chi connectivity index (χ1v) is 9.43. The van der Waals surface area contributed by atoms with Gasteiger partial charge in [-0.25, -0.2) is 9.79 Å². The van der Waals surface area contributed by atoms with Crippen LogP contribution in [-0.2, 0) is 9.53 Å². The van der Waals surface area contributed by atoms with E-state index in [0.717, 1.165) is 10.0 Å². The van der Waals surface area contributed by atoms with Gasteiger partial charge in [-0.3, -0.25) is 0 Å². The number of hydrogen-bond acceptors (Lipinski definition) is 5. The smallest absolute Gasteiger partial charge is 0.363 e. The molecule has 0 atom stereocenters. The summed E-state index contributed by atoms with van der Waals surface area (Å²) in [6.07, 6.45) is 1.54. The summed E-state index contributed by atoms with van der Waals surface area (Å²) in [5.74, 6) is 1.25. The second kappa shape index (κ2) is 7.66. The van der Waals surface area contributed by atoms with E-state index < -0.39 is 5.97 Å². The van der Waals surface area contributed by atoms with E-state index in [9.17, 15) is 4.79 Å². The van der Waals surface area contributed by atoms with Crippen molar-refractivity contribution in [1.29, 1.82) is 0 Å². The number of furan rings is 1. The largest absolute Gasteiger partial charge is 0.496 e. The first kappa shape index (κ1) is 18.5. The molecule has 7 heteroatoms. The van der Waals surface area contributed by atoms with E-state index in [1.54, 1.807) is 24.3 Å². The highest BCUT2D eigenvalue weighted by Crippen LogP contribution is 2.29. The predicted octanol–water partition coefficient (Wildman–Crippen LogP) is 5.72. The number of methoxy groups -OCH3 is 1. The summed E-state index contributed by atoms with van der Waals surface area (Å²) in [6, 6.07) is 16.3. The molecule has 0 bridgehead atoms. The molecule has 0 fully saturated rings. The molecule has 0 spiro atoms. The molecule has 1 aliphatic heterocycles. The molecule has 0 amide bonds. The van der Waals surface area contributed by atoms with Gasteiger partial charge in [-0.1, -0.05) is 39.7 Å². The van der Waals surface area contributed by atoms with Crippen molar-refractivity contribution in [2.45, 2.75) is 0 Å². The Kier molecular flexibility index (Phi) is 5.07. The van der Waals surface area contributed by atoms with E-state index in [-0.39, 0.29) is 11.6 Å². The van der Waals surface area contributed by atoms with Crippen molar-refractivity contribution in [3.8, 4) is 17.1 Å². The van der Waals surface area contributed by atoms with Crippen molar-refractivity contribution in [2.75, 3.05) is 7.11 Å². The van der Waals surface area contributed by atoms with Gasteiger partial charge >= 0.3 is 5.97 Å². The van der Waals surface area contributed by atoms with Crippen LogP contribution in [0.5, 0.6) is 5.75 Å². The minimum absolute atomic E-state index is 0.133. The number of benzene rings is 2. The average molecular weight is 459 g/mol. The topological polar surface area (TPSA) is 61.0 Å². The zero-order valence-electron chi connectivity index (χ0n) is 14.6. The number of aliphatic imine (C=N–C) groups is 1. The molecule has 2 aromatic carbocycles. The quantitative estimate of drug-likeness (QED) is 0.371. The summed E-state index contributed by atoms with van der Waals surface area (Å²) in [4.78, 5) is 16.5. The molecule has 0 radical (unpaired) electrons. The Morgan fingerprint density at radius 3 is 2.64 bits per heavy atom. The second-order valence-corrected chi connectivity index (χ2v) is 7.24. The van der Waals surface area contributed by atoms with Crippen LogP contribution in [0, 0.1) is 0 Å². The van der Waals surface area contributed by atoms with Gasteiger partial charge in [0.15, 0.2) is 5.70 Å². The van der Waals surface area contributed by atoms with Crippen molar-refractivity contribution >= 4 is 45.5 Å². The van der Waals surface area contributed by atoms with Crippen LogP contribution in [0.25, 0.3) is 17.4 Å². The maximum atomic E-state index is 12.2. The first-order valence-electron chi connectivity index (χ1n) is 8.26. The zero-order chi connectivity index (χ0) is 19.7. The summed E-state index contributed by atoms with van der Waals surface area (Å²) in [5.41, 5.74) is 1.56. The minimum Gasteiger partial charge on any atom is -0.496 e. The molecule has 0 unspecified atom stereocenters. The number of hydrogen-bond donors (Lipinski definition) is 0. The molecule has 1 aliphatic rings. The van der Waals surface area contributed by atoms with E-state index in [2.05, 4.69) is 20.9 Å². The highest BCUT2D eigenvalue weighted by molar-refractivity contribution is 9.10. The number of rotatable bonds is 4. The Balaban J connectivity index is 1.65. The van der Waals surface area contributed by atoms with Gasteiger partial charge < -0.3 is 13.9 Å². The fraction of sp³-hybridized carbons (Fsp3) is 0.0476. The first-order chi connectivity index (χ1) is 13.5. The van der Waals surface area contributed by atoms with Crippen LogP contribution in [-0.4, -0.2) is 19.0 Å². The molecule has 0 saturated carbocycles. The van der Waals surface area contributed by atoms with Gasteiger partial charge in [0.1, 0.15) is 17.3 Å². The highest BCUT2D eigenvalue weighted by atomic mass is 79.9. The SMILES string of the molecule is COc1ccc(Cl)cc1C1=NC(=Cc2ccc(-c3ccc(Br)cc3)o2)C(=O)O1. The number of cyclic esters (lactones) is 1. The van der Waals surface area contributed by atoms with Gasteiger partial charge in [0.25, 0.3) is 0 Å². The standard InChI is InChI=1S/C21H13BrClNO4/c1-26-19-8-6-14(23)10-16(19)20-24-17(21(25)28-20)11-15-7-9-18(27-15)12-2-4-13(22)5-3-12/h2-11H,1H3. The lowest BCUT2D eigenvalue weighted by Crippen LogP contribution is -2.07. The Hall–Kier alpha value is -2.83. The third-order valence-corrected chi connectivity index (χ3v) is 4.81. The Morgan fingerprint density at radius 2 is 1.89 bits per heavy atom. The molecule has 5 nitrogen and oxygen atoms in total. The number of carbonyl (C=O) groups excluding carboxylic acids is 1. The van der Waals surface area contributed by atoms with E-state index in [1.165, 1.54) is 13.2 Å². The van der Waals surface area contributed by atoms with Crippen LogP contribution in [0.1, 0.15) is 11.3 Å². The van der Waals surface area contributed by atoms with Crippen molar-refractivity contribution in [3.05, 3.63) is 81.1 Å². The summed E-state index contributed by atoms with van der Waals surface area (Å²) < 4.78 is 17.4. The van der Waals surface area contributed by atoms with Gasteiger partial charge in [0.05, 0.1) is 12.7 Å². The van der Waals surface area contributed by atoms with Crippen LogP contribution in [0.3, 0.4) is 0 Å². The highest BCUT2D eigenvalue weighted by Gasteiger charge is 2.27. The Labute approximate surface area is 174 Å². The lowest BCUT2D eigenvalue weighted by molar-refractivity contribution is -0.129. The van der Waals surface area contributed by atoms with Gasteiger partial charge in [-0.15, -0.1) is 0 Å². The maximum absolute atomic E-state index is 12.2. The summed E-state index contributed by atoms with van der Waals surface area (Å²) in [7, 11) is 1.52. The van der Waals surface area contributed by atoms with Gasteiger partial charge in [-0.05, 0) is 42.5 Å². The molecule has 4 rings (SSSR count). The molecule has 0 N–H and O–H groups in total. The number of esters is 1. The summed E-state index contributed by atoms with van der Waals surface area (Å²) >= 11 is 9.45. The Bertz CT molecular complexity index is 1120. The second-order valence-electron chi connectivity index (χ2n) is 5.89. The van der Waals surface area contributed by atoms with Gasteiger partial charge in [0, 0.05) is 21.1 Å². The molecular weight excluding hydrogens is 446 g/mol.